The van der Waals surface area contributed by atoms with E-state index in [-0.39, 0.29) is 0 Å². The predicted molar refractivity (Wildman–Crippen MR) is 256 cm³/mol. The van der Waals surface area contributed by atoms with Crippen LogP contribution in [0.3, 0.4) is 0 Å². The number of rotatable bonds is 15. The lowest BCUT2D eigenvalue weighted by Crippen LogP contribution is -2.23. The lowest BCUT2D eigenvalue weighted by molar-refractivity contribution is 0.812. The van der Waals surface area contributed by atoms with Gasteiger partial charge in [0.1, 0.15) is 0 Å². The van der Waals surface area contributed by atoms with Crippen molar-refractivity contribution in [3.8, 4) is 0 Å². The normalized spacial score (nSPS) is 13.4. The predicted octanol–water partition coefficient (Wildman–Crippen LogP) is 16.0. The summed E-state index contributed by atoms with van der Waals surface area (Å²) in [5, 5.41) is 8.78. The van der Waals surface area contributed by atoms with E-state index in [1.165, 1.54) is 56.1 Å². The standard InChI is InChI=1S/C54H68P2/c1-35(2)47-29-49(37(5)6)53(50(30-47)38(7)8)55(33-41-21-23-43-17-13-15-19-45(43)27-41)25-26-56(34-42-22-24-44-18-14-16-20-46(44)28-42)54-51(39(9)10)31-48(36(3)4)32-52(54)40(11)12/h13-24,27-32,35-40H,25-26,33-34H2,1-12H3/t55-,56+. The molecule has 0 bridgehead atoms. The molecule has 2 heteroatoms. The summed E-state index contributed by atoms with van der Waals surface area (Å²) in [6.45, 7) is 28.9. The Balaban J connectivity index is 1.53. The van der Waals surface area contributed by atoms with Crippen LogP contribution in [-0.4, -0.2) is 12.3 Å². The molecule has 6 rings (SSSR count). The summed E-state index contributed by atoms with van der Waals surface area (Å²) in [5.74, 6) is 2.93. The van der Waals surface area contributed by atoms with Gasteiger partial charge in [-0.05, 0) is 137 Å². The fourth-order valence-corrected chi connectivity index (χ4v) is 15.5. The van der Waals surface area contributed by atoms with Crippen LogP contribution in [0.2, 0.25) is 0 Å². The van der Waals surface area contributed by atoms with Crippen molar-refractivity contribution in [2.75, 3.05) is 12.3 Å². The van der Waals surface area contributed by atoms with Crippen LogP contribution in [0, 0.1) is 0 Å². The maximum atomic E-state index is 2.60. The Morgan fingerprint density at radius 1 is 0.339 bits per heavy atom. The maximum Gasteiger partial charge on any atom is -0.00323 e. The summed E-state index contributed by atoms with van der Waals surface area (Å²) < 4.78 is 0. The Morgan fingerprint density at radius 3 is 0.929 bits per heavy atom. The van der Waals surface area contributed by atoms with Gasteiger partial charge in [-0.2, -0.15) is 0 Å². The Morgan fingerprint density at radius 2 is 0.643 bits per heavy atom. The molecule has 2 atom stereocenters. The van der Waals surface area contributed by atoms with Gasteiger partial charge < -0.3 is 0 Å². The van der Waals surface area contributed by atoms with Crippen LogP contribution >= 0.6 is 15.8 Å². The molecule has 0 nitrogen and oxygen atoms in total. The first-order valence-corrected chi connectivity index (χ1v) is 24.9. The van der Waals surface area contributed by atoms with E-state index < -0.39 is 15.8 Å². The van der Waals surface area contributed by atoms with Gasteiger partial charge >= 0.3 is 0 Å². The highest BCUT2D eigenvalue weighted by Gasteiger charge is 2.28. The van der Waals surface area contributed by atoms with Crippen molar-refractivity contribution in [1.29, 1.82) is 0 Å². The molecule has 0 aromatic heterocycles. The van der Waals surface area contributed by atoms with Crippen LogP contribution in [0.25, 0.3) is 21.5 Å². The molecule has 56 heavy (non-hydrogen) atoms. The third kappa shape index (κ3) is 9.69. The molecule has 0 aliphatic carbocycles. The van der Waals surface area contributed by atoms with Crippen molar-refractivity contribution >= 4 is 48.0 Å². The van der Waals surface area contributed by atoms with E-state index in [9.17, 15) is 0 Å². The quantitative estimate of drug-likeness (QED) is 0.0911. The third-order valence-corrected chi connectivity index (χ3v) is 17.5. The molecule has 6 aromatic carbocycles. The zero-order chi connectivity index (χ0) is 40.3. The summed E-state index contributed by atoms with van der Waals surface area (Å²) in [4.78, 5) is 0. The number of benzene rings is 6. The van der Waals surface area contributed by atoms with Gasteiger partial charge in [-0.15, -0.1) is 0 Å². The zero-order valence-corrected chi connectivity index (χ0v) is 38.4. The van der Waals surface area contributed by atoms with Crippen LogP contribution in [0.5, 0.6) is 0 Å². The van der Waals surface area contributed by atoms with E-state index in [0.717, 1.165) is 12.3 Å². The van der Waals surface area contributed by atoms with E-state index in [1.54, 1.807) is 32.9 Å². The molecule has 0 aliphatic heterocycles. The zero-order valence-electron chi connectivity index (χ0n) is 36.6. The molecule has 0 heterocycles. The second kappa shape index (κ2) is 18.5. The van der Waals surface area contributed by atoms with Crippen molar-refractivity contribution < 1.29 is 0 Å². The molecular weight excluding hydrogens is 711 g/mol. The fraction of sp³-hybridized carbons (Fsp3) is 0.407. The van der Waals surface area contributed by atoms with Gasteiger partial charge in [0.05, 0.1) is 0 Å². The largest absolute Gasteiger partial charge is 0.0698 e. The van der Waals surface area contributed by atoms with E-state index >= 15 is 0 Å². The molecule has 0 N–H and O–H groups in total. The van der Waals surface area contributed by atoms with Crippen molar-refractivity contribution in [3.63, 3.8) is 0 Å². The number of fused-ring (bicyclic) bond motifs is 2. The lowest BCUT2D eigenvalue weighted by Gasteiger charge is -2.33. The maximum absolute atomic E-state index is 2.60. The number of hydrogen-bond acceptors (Lipinski definition) is 0. The van der Waals surface area contributed by atoms with E-state index in [4.69, 9.17) is 0 Å². The summed E-state index contributed by atoms with van der Waals surface area (Å²) >= 11 is 0. The van der Waals surface area contributed by atoms with Crippen molar-refractivity contribution in [3.05, 3.63) is 154 Å². The van der Waals surface area contributed by atoms with Crippen molar-refractivity contribution in [1.82, 2.24) is 0 Å². The smallest absolute Gasteiger partial charge is 0.00323 e. The Labute approximate surface area is 343 Å². The average Bonchev–Trinajstić information content (AvgIpc) is 3.17. The lowest BCUT2D eigenvalue weighted by atomic mass is 9.89. The van der Waals surface area contributed by atoms with Gasteiger partial charge in [0, 0.05) is 0 Å². The second-order valence-electron chi connectivity index (χ2n) is 18.2. The first-order valence-electron chi connectivity index (χ1n) is 21.5. The Hall–Kier alpha value is -3.30. The topological polar surface area (TPSA) is 0 Å². The molecular formula is C54H68P2. The first-order chi connectivity index (χ1) is 26.7. The second-order valence-corrected chi connectivity index (χ2v) is 22.8. The molecule has 0 spiro atoms. The molecule has 0 saturated carbocycles. The van der Waals surface area contributed by atoms with E-state index in [1.807, 2.05) is 0 Å². The van der Waals surface area contributed by atoms with Gasteiger partial charge in [0.25, 0.3) is 0 Å². The monoisotopic (exact) mass is 778 g/mol. The SMILES string of the molecule is CC(C)c1cc(C(C)C)c([P@](CC[P@@](Cc2ccc3ccccc3c2)c2c(C(C)C)cc(C(C)C)cc2C(C)C)Cc2ccc3ccccc3c2)c(C(C)C)c1. The van der Waals surface area contributed by atoms with Crippen LogP contribution in [0.4, 0.5) is 0 Å². The first kappa shape index (κ1) is 42.3. The van der Waals surface area contributed by atoms with Gasteiger partial charge in [0.15, 0.2) is 0 Å². The van der Waals surface area contributed by atoms with Gasteiger partial charge in [-0.3, -0.25) is 0 Å². The molecule has 0 radical (unpaired) electrons. The average molecular weight is 779 g/mol. The molecule has 0 saturated heterocycles. The summed E-state index contributed by atoms with van der Waals surface area (Å²) in [6.07, 6.45) is 4.73. The highest BCUT2D eigenvalue weighted by Crippen LogP contribution is 2.51. The fourth-order valence-electron chi connectivity index (χ4n) is 8.46. The minimum absolute atomic E-state index is 0.477. The summed E-state index contributed by atoms with van der Waals surface area (Å²) in [7, 11) is -1.00. The van der Waals surface area contributed by atoms with Crippen LogP contribution < -0.4 is 10.6 Å². The molecule has 0 unspecified atom stereocenters. The molecule has 0 fully saturated rings. The Kier molecular flexibility index (Phi) is 14.0. The summed E-state index contributed by atoms with van der Waals surface area (Å²) in [5.41, 5.74) is 12.3. The molecule has 294 valence electrons. The third-order valence-electron chi connectivity index (χ3n) is 11.9. The molecule has 0 aliphatic rings. The van der Waals surface area contributed by atoms with Crippen LogP contribution in [0.1, 0.15) is 163 Å². The van der Waals surface area contributed by atoms with Crippen molar-refractivity contribution in [2.24, 2.45) is 0 Å². The molecule has 0 amide bonds. The van der Waals surface area contributed by atoms with Crippen LogP contribution in [0.15, 0.2) is 109 Å². The molecule has 6 aromatic rings. The van der Waals surface area contributed by atoms with Crippen LogP contribution in [-0.2, 0) is 12.3 Å². The van der Waals surface area contributed by atoms with Gasteiger partial charge in [0.2, 0.25) is 0 Å². The highest BCUT2D eigenvalue weighted by atomic mass is 31.1. The number of hydrogen-bond donors (Lipinski definition) is 0. The van der Waals surface area contributed by atoms with E-state index in [0.29, 0.717) is 35.5 Å². The Bertz CT molecular complexity index is 2030. The minimum atomic E-state index is -0.502. The summed E-state index contributed by atoms with van der Waals surface area (Å²) in [6, 6.07) is 42.8. The van der Waals surface area contributed by atoms with E-state index in [2.05, 4.69) is 192 Å². The van der Waals surface area contributed by atoms with Gasteiger partial charge in [-0.25, -0.2) is 0 Å². The van der Waals surface area contributed by atoms with Gasteiger partial charge in [-0.1, -0.05) is 208 Å². The van der Waals surface area contributed by atoms with Crippen molar-refractivity contribution in [2.45, 2.75) is 131 Å². The minimum Gasteiger partial charge on any atom is -0.0698 e. The highest BCUT2D eigenvalue weighted by molar-refractivity contribution is 7.69.